The quantitative estimate of drug-likeness (QED) is 0.121. The lowest BCUT2D eigenvalue weighted by atomic mass is 10.0. The number of ether oxygens (including phenoxy) is 4. The molecule has 1 aliphatic heterocycles. The zero-order valence-corrected chi connectivity index (χ0v) is 35.3. The zero-order valence-electron chi connectivity index (χ0n) is 35.3. The Morgan fingerprint density at radius 3 is 2.04 bits per heavy atom. The van der Waals surface area contributed by atoms with Gasteiger partial charge in [-0.15, -0.1) is 0 Å². The number of aliphatic imine (C=N–C) groups is 1. The number of carbonyl (C=O) groups is 2. The van der Waals surface area contributed by atoms with Gasteiger partial charge in [0, 0.05) is 38.6 Å². The lowest BCUT2D eigenvalue weighted by Crippen LogP contribution is -2.31. The zero-order chi connectivity index (χ0) is 41.4. The number of hydrogen-bond donors (Lipinski definition) is 1. The van der Waals surface area contributed by atoms with Gasteiger partial charge in [0.15, 0.2) is 0 Å². The van der Waals surface area contributed by atoms with Crippen LogP contribution in [0, 0.1) is 0 Å². The first-order valence-electron chi connectivity index (χ1n) is 18.8. The maximum absolute atomic E-state index is 14.0. The Bertz CT molecular complexity index is 1300. The first-order valence-corrected chi connectivity index (χ1v) is 18.8. The van der Waals surface area contributed by atoms with Crippen LogP contribution in [0.4, 0.5) is 18.0 Å². The molecule has 1 fully saturated rings. The van der Waals surface area contributed by atoms with Gasteiger partial charge in [-0.3, -0.25) is 9.79 Å². The first-order chi connectivity index (χ1) is 24.7. The topological polar surface area (TPSA) is 98.7 Å². The van der Waals surface area contributed by atoms with Gasteiger partial charge < -0.3 is 29.2 Å². The molecule has 1 amide bonds. The lowest BCUT2D eigenvalue weighted by Gasteiger charge is -2.25. The van der Waals surface area contributed by atoms with E-state index in [0.717, 1.165) is 36.7 Å². The number of benzene rings is 1. The van der Waals surface area contributed by atoms with Crippen molar-refractivity contribution in [3.8, 4) is 5.75 Å². The smallest absolute Gasteiger partial charge is 0.419 e. The van der Waals surface area contributed by atoms with E-state index >= 15 is 0 Å². The van der Waals surface area contributed by atoms with E-state index in [2.05, 4.69) is 10.2 Å². The van der Waals surface area contributed by atoms with Crippen molar-refractivity contribution >= 4 is 23.5 Å². The Morgan fingerprint density at radius 1 is 0.962 bits per heavy atom. The van der Waals surface area contributed by atoms with Gasteiger partial charge in [-0.25, -0.2) is 4.79 Å². The highest BCUT2D eigenvalue weighted by Gasteiger charge is 2.35. The van der Waals surface area contributed by atoms with Crippen molar-refractivity contribution in [1.29, 1.82) is 0 Å². The van der Waals surface area contributed by atoms with Gasteiger partial charge in [-0.2, -0.15) is 13.2 Å². The number of hydrogen-bond acceptors (Lipinski definition) is 8. The number of methoxy groups -OCH3 is 1. The normalized spacial score (nSPS) is 15.2. The van der Waals surface area contributed by atoms with Crippen molar-refractivity contribution in [2.45, 2.75) is 152 Å². The summed E-state index contributed by atoms with van der Waals surface area (Å²) in [5.74, 6) is -0.462. The molecule has 1 N–H and O–H groups in total. The molecule has 9 nitrogen and oxygen atoms in total. The molecule has 1 heterocycles. The van der Waals surface area contributed by atoms with Gasteiger partial charge in [-0.1, -0.05) is 40.7 Å². The van der Waals surface area contributed by atoms with Gasteiger partial charge >= 0.3 is 18.2 Å². The monoisotopic (exact) mass is 758 g/mol. The van der Waals surface area contributed by atoms with Gasteiger partial charge in [0.25, 0.3) is 0 Å². The molecule has 0 aliphatic carbocycles. The molecule has 306 valence electrons. The Morgan fingerprint density at radius 2 is 1.55 bits per heavy atom. The fourth-order valence-corrected chi connectivity index (χ4v) is 4.91. The number of alkyl halides is 3. The van der Waals surface area contributed by atoms with Crippen molar-refractivity contribution < 1.29 is 41.7 Å². The molecule has 1 aromatic rings. The molecule has 2 rings (SSSR count). The number of nitrogens with one attached hydrogen (secondary N) is 1. The minimum Gasteiger partial charge on any atom is -0.493 e. The van der Waals surface area contributed by atoms with E-state index in [1.54, 1.807) is 13.2 Å². The minimum absolute atomic E-state index is 0.00867. The Kier molecular flexibility index (Phi) is 25.6. The average molecular weight is 758 g/mol. The summed E-state index contributed by atoms with van der Waals surface area (Å²) < 4.78 is 62.7. The number of carbonyl (C=O) groups excluding carboxylic acids is 2. The highest BCUT2D eigenvalue weighted by Crippen LogP contribution is 2.38. The third kappa shape index (κ3) is 23.0. The molecule has 1 unspecified atom stereocenters. The molecular formula is C41H70F3N3O6. The fraction of sp³-hybridized carbons (Fsp3) is 0.683. The molecular weight excluding hydrogens is 687 g/mol. The number of esters is 1. The maximum atomic E-state index is 14.0. The highest BCUT2D eigenvalue weighted by atomic mass is 19.4. The molecule has 12 heteroatoms. The van der Waals surface area contributed by atoms with Crippen LogP contribution in [-0.4, -0.2) is 73.8 Å². The number of unbranched alkanes of at least 4 members (excludes halogenated alkanes) is 1. The van der Waals surface area contributed by atoms with Crippen LogP contribution >= 0.6 is 0 Å². The number of allylic oxidation sites excluding steroid dienone is 1. The molecule has 1 atom stereocenters. The standard InChI is InChI=1S/C31H45F3N2O4.C6H13NO2.2C2H6/c1-8-12-26(24-14-15-28(25(20-24)31(32,33)34)39-18-10-9-17-38-7)35-23(3)27-13-11-16-36(27)21-22(2)19-29(37)40-30(4,5)6;1-6(2,3)9-5(8)7-4;2*1-2/h12,14-15,20-21,27H,8-11,13,16-19H2,1-7H3;1-4H3,(H,7,8);2*1-2H3/b22-21?,26-12-,35-23?;;;. The molecule has 1 aromatic carbocycles. The predicted octanol–water partition coefficient (Wildman–Crippen LogP) is 11.0. The Labute approximate surface area is 318 Å². The fourth-order valence-electron chi connectivity index (χ4n) is 4.91. The number of halogens is 3. The van der Waals surface area contributed by atoms with Crippen LogP contribution in [0.2, 0.25) is 0 Å². The van der Waals surface area contributed by atoms with Gasteiger partial charge in [0.05, 0.1) is 30.3 Å². The second kappa shape index (κ2) is 26.3. The lowest BCUT2D eigenvalue weighted by molar-refractivity contribution is -0.153. The molecule has 0 bridgehead atoms. The van der Waals surface area contributed by atoms with Crippen LogP contribution in [0.1, 0.15) is 140 Å². The van der Waals surface area contributed by atoms with Crippen molar-refractivity contribution in [3.05, 3.63) is 47.2 Å². The van der Waals surface area contributed by atoms with Crippen molar-refractivity contribution in [2.24, 2.45) is 4.99 Å². The summed E-state index contributed by atoms with van der Waals surface area (Å²) in [5.41, 5.74) is 0.838. The third-order valence-corrected chi connectivity index (χ3v) is 6.88. The number of nitrogens with zero attached hydrogens (tertiary/aromatic N) is 2. The molecule has 1 saturated heterocycles. The van der Waals surface area contributed by atoms with Crippen molar-refractivity contribution in [3.63, 3.8) is 0 Å². The van der Waals surface area contributed by atoms with Crippen LogP contribution in [0.15, 0.2) is 41.0 Å². The molecule has 0 saturated carbocycles. The van der Waals surface area contributed by atoms with Crippen LogP contribution < -0.4 is 10.1 Å². The molecule has 0 radical (unpaired) electrons. The van der Waals surface area contributed by atoms with E-state index < -0.39 is 17.3 Å². The van der Waals surface area contributed by atoms with Gasteiger partial charge in [-0.05, 0) is 117 Å². The van der Waals surface area contributed by atoms with Gasteiger partial charge in [0.1, 0.15) is 17.0 Å². The summed E-state index contributed by atoms with van der Waals surface area (Å²) in [6.45, 7) is 26.2. The summed E-state index contributed by atoms with van der Waals surface area (Å²) >= 11 is 0. The number of likely N-dealkylation sites (tertiary alicyclic amines) is 1. The van der Waals surface area contributed by atoms with Crippen LogP contribution in [0.25, 0.3) is 5.70 Å². The van der Waals surface area contributed by atoms with E-state index in [1.807, 2.05) is 102 Å². The van der Waals surface area contributed by atoms with Crippen LogP contribution in [0.5, 0.6) is 5.75 Å². The van der Waals surface area contributed by atoms with Crippen LogP contribution in [0.3, 0.4) is 0 Å². The van der Waals surface area contributed by atoms with Crippen LogP contribution in [-0.2, 0) is 25.2 Å². The number of amides is 1. The van der Waals surface area contributed by atoms with E-state index in [1.165, 1.54) is 13.1 Å². The average Bonchev–Trinajstić information content (AvgIpc) is 3.52. The summed E-state index contributed by atoms with van der Waals surface area (Å²) in [6.07, 6.45) is 2.81. The van der Waals surface area contributed by atoms with E-state index in [0.29, 0.717) is 37.1 Å². The Balaban J connectivity index is 0. The molecule has 53 heavy (non-hydrogen) atoms. The molecule has 0 aromatic heterocycles. The van der Waals surface area contributed by atoms with Gasteiger partial charge in [0.2, 0.25) is 0 Å². The molecule has 1 aliphatic rings. The van der Waals surface area contributed by atoms with E-state index in [4.69, 9.17) is 23.9 Å². The van der Waals surface area contributed by atoms with Crippen molar-refractivity contribution in [1.82, 2.24) is 10.2 Å². The summed E-state index contributed by atoms with van der Waals surface area (Å²) in [6, 6.07) is 4.13. The second-order valence-corrected chi connectivity index (χ2v) is 13.9. The summed E-state index contributed by atoms with van der Waals surface area (Å²) in [4.78, 5) is 29.7. The van der Waals surface area contributed by atoms with E-state index in [-0.39, 0.29) is 42.5 Å². The first kappa shape index (κ1) is 51.6. The number of alkyl carbamates (subject to hydrolysis) is 1. The molecule has 0 spiro atoms. The third-order valence-electron chi connectivity index (χ3n) is 6.88. The second-order valence-electron chi connectivity index (χ2n) is 13.9. The van der Waals surface area contributed by atoms with E-state index in [9.17, 15) is 22.8 Å². The Hall–Kier alpha value is -3.54. The number of rotatable bonds is 13. The minimum atomic E-state index is -4.56. The highest BCUT2D eigenvalue weighted by molar-refractivity contribution is 5.92. The summed E-state index contributed by atoms with van der Waals surface area (Å²) in [7, 11) is 3.12. The SMILES string of the molecule is CC.CC.CC/C=C(\N=C(C)C1CCCN1C=C(C)CC(=O)OC(C)(C)C)c1ccc(OCCCCOC)c(C(F)(F)F)c1.CNC(=O)OC(C)(C)C. The summed E-state index contributed by atoms with van der Waals surface area (Å²) in [5, 5.41) is 2.36. The largest absolute Gasteiger partial charge is 0.493 e. The van der Waals surface area contributed by atoms with Crippen molar-refractivity contribution in [2.75, 3.05) is 33.9 Å². The maximum Gasteiger partial charge on any atom is 0.419 e. The predicted molar refractivity (Wildman–Crippen MR) is 211 cm³/mol.